The quantitative estimate of drug-likeness (QED) is 0.831. The van der Waals surface area contributed by atoms with E-state index in [1.165, 1.54) is 6.07 Å². The lowest BCUT2D eigenvalue weighted by molar-refractivity contribution is 0.451. The highest BCUT2D eigenvalue weighted by Gasteiger charge is 2.05. The summed E-state index contributed by atoms with van der Waals surface area (Å²) >= 11 is 0. The SMILES string of the molecule is Nc1cc(Oc2cc(F)cc(F)c2)nc(N)n1. The Bertz CT molecular complexity index is 472. The van der Waals surface area contributed by atoms with E-state index in [0.717, 1.165) is 18.2 Å². The molecule has 0 saturated carbocycles. The molecule has 1 aromatic carbocycles. The number of nitrogens with zero attached hydrogens (tertiary/aromatic N) is 2. The largest absolute Gasteiger partial charge is 0.439 e. The molecule has 0 aliphatic rings. The zero-order valence-corrected chi connectivity index (χ0v) is 8.52. The fourth-order valence-electron chi connectivity index (χ4n) is 1.22. The van der Waals surface area contributed by atoms with Crippen LogP contribution in [-0.2, 0) is 0 Å². The molecular formula is C10H8F2N4O. The molecule has 0 aliphatic heterocycles. The molecule has 1 aromatic heterocycles. The van der Waals surface area contributed by atoms with Crippen LogP contribution in [0.4, 0.5) is 20.5 Å². The van der Waals surface area contributed by atoms with Crippen molar-refractivity contribution in [3.63, 3.8) is 0 Å². The number of nitrogen functional groups attached to an aromatic ring is 2. The van der Waals surface area contributed by atoms with E-state index in [1.807, 2.05) is 0 Å². The standard InChI is InChI=1S/C10H8F2N4O/c11-5-1-6(12)3-7(2-5)17-9-4-8(13)15-10(14)16-9/h1-4H,(H4,13,14,15,16). The maximum absolute atomic E-state index is 12.9. The monoisotopic (exact) mass is 238 g/mol. The molecule has 2 aromatic rings. The minimum Gasteiger partial charge on any atom is -0.439 e. The molecule has 0 aliphatic carbocycles. The summed E-state index contributed by atoms with van der Waals surface area (Å²) in [4.78, 5) is 7.34. The van der Waals surface area contributed by atoms with Crippen LogP contribution in [0.1, 0.15) is 0 Å². The Morgan fingerprint density at radius 2 is 1.59 bits per heavy atom. The first-order chi connectivity index (χ1) is 8.02. The summed E-state index contributed by atoms with van der Waals surface area (Å²) in [5.41, 5.74) is 10.8. The Morgan fingerprint density at radius 3 is 2.18 bits per heavy atom. The Hall–Kier alpha value is -2.44. The molecule has 4 N–H and O–H groups in total. The van der Waals surface area contributed by atoms with Gasteiger partial charge >= 0.3 is 0 Å². The van der Waals surface area contributed by atoms with Crippen molar-refractivity contribution in [3.05, 3.63) is 35.9 Å². The normalized spacial score (nSPS) is 10.2. The third-order valence-electron chi connectivity index (χ3n) is 1.80. The molecule has 0 unspecified atom stereocenters. The third kappa shape index (κ3) is 2.77. The summed E-state index contributed by atoms with van der Waals surface area (Å²) in [5.74, 6) is -1.52. The van der Waals surface area contributed by atoms with Crippen molar-refractivity contribution in [2.45, 2.75) is 0 Å². The number of benzene rings is 1. The van der Waals surface area contributed by atoms with Crippen molar-refractivity contribution in [2.75, 3.05) is 11.5 Å². The molecule has 0 amide bonds. The lowest BCUT2D eigenvalue weighted by atomic mass is 10.3. The van der Waals surface area contributed by atoms with Crippen LogP contribution < -0.4 is 16.2 Å². The molecule has 1 heterocycles. The number of hydrogen-bond donors (Lipinski definition) is 2. The van der Waals surface area contributed by atoms with Crippen molar-refractivity contribution in [1.29, 1.82) is 0 Å². The van der Waals surface area contributed by atoms with E-state index >= 15 is 0 Å². The van der Waals surface area contributed by atoms with Crippen molar-refractivity contribution in [2.24, 2.45) is 0 Å². The van der Waals surface area contributed by atoms with Crippen molar-refractivity contribution < 1.29 is 13.5 Å². The van der Waals surface area contributed by atoms with Crippen LogP contribution in [0.5, 0.6) is 11.6 Å². The molecule has 0 spiro atoms. The van der Waals surface area contributed by atoms with Gasteiger partial charge in [-0.25, -0.2) is 8.78 Å². The van der Waals surface area contributed by atoms with Gasteiger partial charge in [0.1, 0.15) is 23.2 Å². The van der Waals surface area contributed by atoms with Gasteiger partial charge in [0, 0.05) is 24.3 Å². The summed E-state index contributed by atoms with van der Waals surface area (Å²) < 4.78 is 30.9. The van der Waals surface area contributed by atoms with E-state index in [1.54, 1.807) is 0 Å². The predicted molar refractivity (Wildman–Crippen MR) is 57.3 cm³/mol. The Kier molecular flexibility index (Phi) is 2.73. The molecule has 5 nitrogen and oxygen atoms in total. The minimum absolute atomic E-state index is 0.0139. The second kappa shape index (κ2) is 4.20. The number of hydrogen-bond acceptors (Lipinski definition) is 5. The van der Waals surface area contributed by atoms with Crippen molar-refractivity contribution in [3.8, 4) is 11.6 Å². The van der Waals surface area contributed by atoms with E-state index in [4.69, 9.17) is 16.2 Å². The summed E-state index contributed by atoms with van der Waals surface area (Å²) in [7, 11) is 0. The van der Waals surface area contributed by atoms with Gasteiger partial charge in [-0.15, -0.1) is 0 Å². The van der Waals surface area contributed by atoms with Gasteiger partial charge in [0.15, 0.2) is 0 Å². The molecule has 2 rings (SSSR count). The highest BCUT2D eigenvalue weighted by atomic mass is 19.1. The average Bonchev–Trinajstić information content (AvgIpc) is 2.13. The molecule has 88 valence electrons. The summed E-state index contributed by atoms with van der Waals surface area (Å²) in [6.45, 7) is 0. The number of halogens is 2. The van der Waals surface area contributed by atoms with E-state index in [2.05, 4.69) is 9.97 Å². The smallest absolute Gasteiger partial charge is 0.226 e. The van der Waals surface area contributed by atoms with E-state index in [0.29, 0.717) is 0 Å². The number of aromatic nitrogens is 2. The Morgan fingerprint density at radius 1 is 0.941 bits per heavy atom. The third-order valence-corrected chi connectivity index (χ3v) is 1.80. The molecule has 17 heavy (non-hydrogen) atoms. The van der Waals surface area contributed by atoms with Crippen LogP contribution in [0.15, 0.2) is 24.3 Å². The molecule has 7 heteroatoms. The van der Waals surface area contributed by atoms with Gasteiger partial charge in [-0.1, -0.05) is 0 Å². The summed E-state index contributed by atoms with van der Waals surface area (Å²) in [5, 5.41) is 0. The summed E-state index contributed by atoms with van der Waals surface area (Å²) in [6, 6.07) is 4.05. The van der Waals surface area contributed by atoms with Gasteiger partial charge in [-0.3, -0.25) is 0 Å². The van der Waals surface area contributed by atoms with Crippen LogP contribution in [0.3, 0.4) is 0 Å². The topological polar surface area (TPSA) is 87.0 Å². The lowest BCUT2D eigenvalue weighted by Gasteiger charge is -2.06. The number of ether oxygens (including phenoxy) is 1. The maximum atomic E-state index is 12.9. The van der Waals surface area contributed by atoms with Crippen molar-refractivity contribution >= 4 is 11.8 Å². The van der Waals surface area contributed by atoms with Gasteiger partial charge in [-0.05, 0) is 0 Å². The lowest BCUT2D eigenvalue weighted by Crippen LogP contribution is -2.01. The zero-order chi connectivity index (χ0) is 12.4. The van der Waals surface area contributed by atoms with Crippen LogP contribution >= 0.6 is 0 Å². The fourth-order valence-corrected chi connectivity index (χ4v) is 1.22. The average molecular weight is 238 g/mol. The van der Waals surface area contributed by atoms with Gasteiger partial charge in [0.2, 0.25) is 11.8 Å². The highest BCUT2D eigenvalue weighted by Crippen LogP contribution is 2.23. The Labute approximate surface area is 95.1 Å². The molecular weight excluding hydrogens is 230 g/mol. The van der Waals surface area contributed by atoms with Gasteiger partial charge < -0.3 is 16.2 Å². The van der Waals surface area contributed by atoms with Gasteiger partial charge in [0.25, 0.3) is 0 Å². The zero-order valence-electron chi connectivity index (χ0n) is 8.52. The number of nitrogens with two attached hydrogens (primary N) is 2. The first kappa shape index (κ1) is 11.1. The van der Waals surface area contributed by atoms with Gasteiger partial charge in [-0.2, -0.15) is 9.97 Å². The second-order valence-electron chi connectivity index (χ2n) is 3.20. The Balaban J connectivity index is 2.31. The molecule has 0 saturated heterocycles. The predicted octanol–water partition coefficient (Wildman–Crippen LogP) is 1.71. The minimum atomic E-state index is -0.755. The van der Waals surface area contributed by atoms with E-state index < -0.39 is 11.6 Å². The van der Waals surface area contributed by atoms with Crippen LogP contribution in [0.2, 0.25) is 0 Å². The van der Waals surface area contributed by atoms with E-state index in [9.17, 15) is 8.78 Å². The first-order valence-electron chi connectivity index (χ1n) is 4.57. The number of rotatable bonds is 2. The van der Waals surface area contributed by atoms with Crippen molar-refractivity contribution in [1.82, 2.24) is 9.97 Å². The number of anilines is 2. The van der Waals surface area contributed by atoms with Crippen LogP contribution in [0.25, 0.3) is 0 Å². The van der Waals surface area contributed by atoms with Gasteiger partial charge in [0.05, 0.1) is 0 Å². The second-order valence-corrected chi connectivity index (χ2v) is 3.20. The van der Waals surface area contributed by atoms with Crippen LogP contribution in [-0.4, -0.2) is 9.97 Å². The first-order valence-corrected chi connectivity index (χ1v) is 4.57. The maximum Gasteiger partial charge on any atom is 0.226 e. The molecule has 0 fully saturated rings. The summed E-state index contributed by atoms with van der Waals surface area (Å²) in [6.07, 6.45) is 0. The highest BCUT2D eigenvalue weighted by molar-refractivity contribution is 5.40. The molecule has 0 atom stereocenters. The van der Waals surface area contributed by atoms with Crippen LogP contribution in [0, 0.1) is 11.6 Å². The molecule has 0 radical (unpaired) electrons. The molecule has 0 bridgehead atoms. The fraction of sp³-hybridized carbons (Fsp3) is 0. The van der Waals surface area contributed by atoms with E-state index in [-0.39, 0.29) is 23.4 Å².